The van der Waals surface area contributed by atoms with E-state index < -0.39 is 0 Å². The number of ether oxygens (including phenoxy) is 1. The van der Waals surface area contributed by atoms with Gasteiger partial charge in [-0.05, 0) is 13.8 Å². The van der Waals surface area contributed by atoms with Crippen LogP contribution in [0.3, 0.4) is 0 Å². The molecule has 1 fully saturated rings. The van der Waals surface area contributed by atoms with Crippen LogP contribution >= 0.6 is 12.4 Å². The van der Waals surface area contributed by atoms with Gasteiger partial charge in [0.05, 0.1) is 30.3 Å². The standard InChI is InChI=1S/C11H18N4O2.ClH/c1-7-9(6-13-15(7)3)14-11(16)10-8(2)17-5-4-12-10;/h6,8,10,12H,4-5H2,1-3H3,(H,14,16);1H/t8-,10+;/m1./s1. The Morgan fingerprint density at radius 2 is 2.39 bits per heavy atom. The SMILES string of the molecule is Cc1c(NC(=O)[C@H]2NCCO[C@@H]2C)cnn1C.Cl. The average Bonchev–Trinajstić information content (AvgIpc) is 2.61. The maximum absolute atomic E-state index is 12.0. The summed E-state index contributed by atoms with van der Waals surface area (Å²) in [6.07, 6.45) is 1.54. The number of anilines is 1. The van der Waals surface area contributed by atoms with Crippen molar-refractivity contribution in [2.45, 2.75) is 26.0 Å². The fraction of sp³-hybridized carbons (Fsp3) is 0.636. The number of carbonyl (C=O) groups is 1. The van der Waals surface area contributed by atoms with E-state index in [0.717, 1.165) is 11.4 Å². The lowest BCUT2D eigenvalue weighted by molar-refractivity contribution is -0.123. The molecule has 0 aliphatic carbocycles. The Morgan fingerprint density at radius 3 is 2.94 bits per heavy atom. The quantitative estimate of drug-likeness (QED) is 0.822. The highest BCUT2D eigenvalue weighted by molar-refractivity contribution is 5.95. The maximum Gasteiger partial charge on any atom is 0.244 e. The number of hydrogen-bond acceptors (Lipinski definition) is 4. The van der Waals surface area contributed by atoms with Crippen LogP contribution in [0, 0.1) is 6.92 Å². The van der Waals surface area contributed by atoms with E-state index >= 15 is 0 Å². The molecule has 1 aliphatic rings. The summed E-state index contributed by atoms with van der Waals surface area (Å²) in [4.78, 5) is 12.0. The van der Waals surface area contributed by atoms with Crippen LogP contribution in [-0.4, -0.2) is 41.0 Å². The van der Waals surface area contributed by atoms with Crippen molar-refractivity contribution in [2.75, 3.05) is 18.5 Å². The molecule has 2 atom stereocenters. The molecule has 1 aromatic rings. The third-order valence-electron chi connectivity index (χ3n) is 3.09. The minimum atomic E-state index is -0.302. The first-order valence-corrected chi connectivity index (χ1v) is 5.74. The average molecular weight is 275 g/mol. The van der Waals surface area contributed by atoms with Crippen molar-refractivity contribution in [1.29, 1.82) is 0 Å². The fourth-order valence-corrected chi connectivity index (χ4v) is 1.86. The lowest BCUT2D eigenvalue weighted by Gasteiger charge is -2.29. The van der Waals surface area contributed by atoms with Crippen molar-refractivity contribution in [3.63, 3.8) is 0 Å². The molecule has 0 unspecified atom stereocenters. The summed E-state index contributed by atoms with van der Waals surface area (Å²) in [6, 6.07) is -0.302. The van der Waals surface area contributed by atoms with Gasteiger partial charge >= 0.3 is 0 Å². The van der Waals surface area contributed by atoms with E-state index in [0.29, 0.717) is 13.2 Å². The van der Waals surface area contributed by atoms with Gasteiger partial charge in [-0.3, -0.25) is 9.48 Å². The second-order valence-electron chi connectivity index (χ2n) is 4.26. The summed E-state index contributed by atoms with van der Waals surface area (Å²) in [5, 5.41) is 10.1. The lowest BCUT2D eigenvalue weighted by Crippen LogP contribution is -2.53. The first-order chi connectivity index (χ1) is 8.09. The summed E-state index contributed by atoms with van der Waals surface area (Å²) >= 11 is 0. The van der Waals surface area contributed by atoms with Gasteiger partial charge in [-0.25, -0.2) is 0 Å². The van der Waals surface area contributed by atoms with Crippen LogP contribution in [-0.2, 0) is 16.6 Å². The largest absolute Gasteiger partial charge is 0.375 e. The molecule has 0 spiro atoms. The second kappa shape index (κ2) is 6.17. The molecule has 2 rings (SSSR count). The predicted molar refractivity (Wildman–Crippen MR) is 71.0 cm³/mol. The van der Waals surface area contributed by atoms with Crippen LogP contribution in [0.5, 0.6) is 0 Å². The Kier molecular flexibility index (Phi) is 5.13. The zero-order valence-corrected chi connectivity index (χ0v) is 11.6. The highest BCUT2D eigenvalue weighted by atomic mass is 35.5. The summed E-state index contributed by atoms with van der Waals surface area (Å²) < 4.78 is 7.17. The first kappa shape index (κ1) is 14.9. The molecule has 18 heavy (non-hydrogen) atoms. The van der Waals surface area contributed by atoms with E-state index in [-0.39, 0.29) is 30.5 Å². The number of halogens is 1. The number of carbonyl (C=O) groups excluding carboxylic acids is 1. The Morgan fingerprint density at radius 1 is 1.67 bits per heavy atom. The van der Waals surface area contributed by atoms with Gasteiger partial charge in [0.2, 0.25) is 5.91 Å². The van der Waals surface area contributed by atoms with Crippen molar-refractivity contribution < 1.29 is 9.53 Å². The molecular weight excluding hydrogens is 256 g/mol. The zero-order chi connectivity index (χ0) is 12.4. The molecule has 1 aliphatic heterocycles. The summed E-state index contributed by atoms with van der Waals surface area (Å²) in [5.74, 6) is -0.0756. The molecule has 1 aromatic heterocycles. The summed E-state index contributed by atoms with van der Waals surface area (Å²) in [7, 11) is 1.84. The van der Waals surface area contributed by atoms with Gasteiger partial charge in [0, 0.05) is 13.6 Å². The molecule has 2 N–H and O–H groups in total. The summed E-state index contributed by atoms with van der Waals surface area (Å²) in [5.41, 5.74) is 1.68. The summed E-state index contributed by atoms with van der Waals surface area (Å²) in [6.45, 7) is 5.16. The third-order valence-corrected chi connectivity index (χ3v) is 3.09. The highest BCUT2D eigenvalue weighted by Crippen LogP contribution is 2.14. The van der Waals surface area contributed by atoms with E-state index in [4.69, 9.17) is 4.74 Å². The van der Waals surface area contributed by atoms with Crippen LogP contribution in [0.4, 0.5) is 5.69 Å². The molecule has 0 radical (unpaired) electrons. The van der Waals surface area contributed by atoms with E-state index in [2.05, 4.69) is 15.7 Å². The van der Waals surface area contributed by atoms with Crippen molar-refractivity contribution in [3.05, 3.63) is 11.9 Å². The van der Waals surface area contributed by atoms with Gasteiger partial charge in [0.15, 0.2) is 0 Å². The van der Waals surface area contributed by atoms with Crippen LogP contribution in [0.25, 0.3) is 0 Å². The van der Waals surface area contributed by atoms with E-state index in [9.17, 15) is 4.79 Å². The lowest BCUT2D eigenvalue weighted by atomic mass is 10.1. The van der Waals surface area contributed by atoms with Crippen LogP contribution in [0.15, 0.2) is 6.20 Å². The fourth-order valence-electron chi connectivity index (χ4n) is 1.86. The highest BCUT2D eigenvalue weighted by Gasteiger charge is 2.28. The number of aromatic nitrogens is 2. The predicted octanol–water partition coefficient (Wildman–Crippen LogP) is 0.466. The van der Waals surface area contributed by atoms with Gasteiger partial charge in [0.1, 0.15) is 6.04 Å². The Bertz CT molecular complexity index is 421. The van der Waals surface area contributed by atoms with Gasteiger partial charge in [-0.1, -0.05) is 0 Å². The van der Waals surface area contributed by atoms with E-state index in [1.54, 1.807) is 10.9 Å². The Labute approximate surface area is 112 Å². The van der Waals surface area contributed by atoms with Gasteiger partial charge < -0.3 is 15.4 Å². The monoisotopic (exact) mass is 274 g/mol. The first-order valence-electron chi connectivity index (χ1n) is 5.74. The molecule has 102 valence electrons. The van der Waals surface area contributed by atoms with Crippen LogP contribution in [0.1, 0.15) is 12.6 Å². The van der Waals surface area contributed by atoms with Crippen LogP contribution in [0.2, 0.25) is 0 Å². The van der Waals surface area contributed by atoms with Crippen molar-refractivity contribution in [2.24, 2.45) is 7.05 Å². The van der Waals surface area contributed by atoms with Gasteiger partial charge in [-0.15, -0.1) is 12.4 Å². The molecule has 0 saturated carbocycles. The number of morpholine rings is 1. The topological polar surface area (TPSA) is 68.2 Å². The molecule has 0 bridgehead atoms. The minimum Gasteiger partial charge on any atom is -0.375 e. The third kappa shape index (κ3) is 3.01. The molecule has 6 nitrogen and oxygen atoms in total. The maximum atomic E-state index is 12.0. The molecule has 1 saturated heterocycles. The molecule has 7 heteroatoms. The molecule has 1 amide bonds. The molecular formula is C11H19ClN4O2. The minimum absolute atomic E-state index is 0. The van der Waals surface area contributed by atoms with Crippen molar-refractivity contribution >= 4 is 24.0 Å². The van der Waals surface area contributed by atoms with Gasteiger partial charge in [0.25, 0.3) is 0 Å². The molecule has 2 heterocycles. The Balaban J connectivity index is 0.00000162. The number of amides is 1. The number of nitrogens with one attached hydrogen (secondary N) is 2. The second-order valence-corrected chi connectivity index (χ2v) is 4.26. The number of hydrogen-bond donors (Lipinski definition) is 2. The zero-order valence-electron chi connectivity index (χ0n) is 10.8. The normalized spacial score (nSPS) is 23.3. The Hall–Kier alpha value is -1.11. The number of aryl methyl sites for hydroxylation is 1. The number of rotatable bonds is 2. The van der Waals surface area contributed by atoms with Crippen molar-refractivity contribution in [1.82, 2.24) is 15.1 Å². The molecule has 0 aromatic carbocycles. The van der Waals surface area contributed by atoms with E-state index in [1.807, 2.05) is 20.9 Å². The van der Waals surface area contributed by atoms with Gasteiger partial charge in [-0.2, -0.15) is 5.10 Å². The number of nitrogens with zero attached hydrogens (tertiary/aromatic N) is 2. The van der Waals surface area contributed by atoms with Crippen molar-refractivity contribution in [3.8, 4) is 0 Å². The van der Waals surface area contributed by atoms with E-state index in [1.165, 1.54) is 0 Å². The smallest absolute Gasteiger partial charge is 0.244 e. The van der Waals surface area contributed by atoms with Crippen LogP contribution < -0.4 is 10.6 Å².